The van der Waals surface area contributed by atoms with Gasteiger partial charge < -0.3 is 20.0 Å². The van der Waals surface area contributed by atoms with Gasteiger partial charge in [0.15, 0.2) is 0 Å². The van der Waals surface area contributed by atoms with Gasteiger partial charge in [-0.3, -0.25) is 4.79 Å². The third kappa shape index (κ3) is 3.73. The predicted molar refractivity (Wildman–Crippen MR) is 93.4 cm³/mol. The number of rotatable bonds is 3. The molecule has 3 heterocycles. The van der Waals surface area contributed by atoms with E-state index in [1.807, 2.05) is 12.1 Å². The average Bonchev–Trinajstić information content (AvgIpc) is 2.87. The molecule has 0 aromatic carbocycles. The number of aromatic nitrogens is 2. The minimum atomic E-state index is -1.28. The van der Waals surface area contributed by atoms with Crippen LogP contribution in [0, 0.1) is 0 Å². The van der Waals surface area contributed by atoms with Crippen LogP contribution in [-0.2, 0) is 0 Å². The van der Waals surface area contributed by atoms with Gasteiger partial charge in [-0.25, -0.2) is 0 Å². The highest BCUT2D eigenvalue weighted by atomic mass is 28.3. The largest absolute Gasteiger partial charge is 0.481 e. The lowest BCUT2D eigenvalue weighted by Crippen LogP contribution is -2.49. The Balaban J connectivity index is 1.70. The van der Waals surface area contributed by atoms with Crippen molar-refractivity contribution < 1.29 is 9.53 Å². The number of fused-ring (bicyclic) bond motifs is 1. The number of H-pyrrole nitrogens is 1. The van der Waals surface area contributed by atoms with Gasteiger partial charge in [0.25, 0.3) is 5.91 Å². The van der Waals surface area contributed by atoms with Gasteiger partial charge in [0, 0.05) is 24.0 Å². The Morgan fingerprint density at radius 2 is 2.26 bits per heavy atom. The molecule has 1 fully saturated rings. The highest BCUT2D eigenvalue weighted by Gasteiger charge is 2.26. The first-order valence-corrected chi connectivity index (χ1v) is 11.3. The third-order valence-electron chi connectivity index (χ3n) is 4.42. The first-order chi connectivity index (χ1) is 11.0. The second-order valence-electron chi connectivity index (χ2n) is 6.80. The van der Waals surface area contributed by atoms with Crippen molar-refractivity contribution in [2.45, 2.75) is 38.0 Å². The summed E-state index contributed by atoms with van der Waals surface area (Å²) >= 11 is 0. The van der Waals surface area contributed by atoms with Crippen LogP contribution in [0.4, 0.5) is 0 Å². The number of amides is 1. The molecule has 3 rings (SSSR count). The van der Waals surface area contributed by atoms with Crippen molar-refractivity contribution in [2.24, 2.45) is 0 Å². The minimum absolute atomic E-state index is 0.0739. The molecule has 0 radical (unpaired) electrons. The van der Waals surface area contributed by atoms with Crippen molar-refractivity contribution in [3.05, 3.63) is 23.9 Å². The number of ether oxygens (including phenoxy) is 1. The van der Waals surface area contributed by atoms with Crippen molar-refractivity contribution in [1.82, 2.24) is 20.3 Å². The van der Waals surface area contributed by atoms with Crippen molar-refractivity contribution >= 4 is 25.2 Å². The van der Waals surface area contributed by atoms with E-state index in [0.29, 0.717) is 17.2 Å². The van der Waals surface area contributed by atoms with Crippen LogP contribution >= 0.6 is 0 Å². The van der Waals surface area contributed by atoms with Crippen LogP contribution in [0.15, 0.2) is 18.2 Å². The van der Waals surface area contributed by atoms with E-state index in [2.05, 4.69) is 33.4 Å². The van der Waals surface area contributed by atoms with Gasteiger partial charge in [0.1, 0.15) is 19.6 Å². The second kappa shape index (κ2) is 6.33. The van der Waals surface area contributed by atoms with E-state index in [1.54, 1.807) is 13.2 Å². The molecule has 124 valence electrons. The van der Waals surface area contributed by atoms with Crippen LogP contribution < -0.4 is 15.0 Å². The van der Waals surface area contributed by atoms with Gasteiger partial charge in [-0.15, -0.1) is 0 Å². The topological polar surface area (TPSA) is 79.0 Å². The molecule has 0 bridgehead atoms. The minimum Gasteiger partial charge on any atom is -0.481 e. The Morgan fingerprint density at radius 1 is 1.43 bits per heavy atom. The summed E-state index contributed by atoms with van der Waals surface area (Å²) in [5, 5.41) is 4.04. The lowest BCUT2D eigenvalue weighted by Gasteiger charge is -2.22. The molecule has 2 aromatic heterocycles. The number of hydrogen-bond donors (Lipinski definition) is 3. The van der Waals surface area contributed by atoms with E-state index in [0.717, 1.165) is 18.4 Å². The summed E-state index contributed by atoms with van der Waals surface area (Å²) < 4.78 is 5.11. The van der Waals surface area contributed by atoms with E-state index >= 15 is 0 Å². The highest BCUT2D eigenvalue weighted by molar-refractivity contribution is 6.75. The molecule has 2 aromatic rings. The number of aromatic amines is 1. The molecule has 0 aliphatic carbocycles. The average molecular weight is 332 g/mol. The molecule has 23 heavy (non-hydrogen) atoms. The van der Waals surface area contributed by atoms with E-state index in [4.69, 9.17) is 4.74 Å². The number of methoxy groups -OCH3 is 1. The lowest BCUT2D eigenvalue weighted by molar-refractivity contribution is 0.0931. The lowest BCUT2D eigenvalue weighted by atomic mass is 10.1. The van der Waals surface area contributed by atoms with Gasteiger partial charge in [-0.1, -0.05) is 19.5 Å². The van der Waals surface area contributed by atoms with Gasteiger partial charge in [-0.05, 0) is 24.6 Å². The van der Waals surface area contributed by atoms with Crippen LogP contribution in [-0.4, -0.2) is 43.8 Å². The van der Waals surface area contributed by atoms with Crippen LogP contribution in [0.1, 0.15) is 23.3 Å². The van der Waals surface area contributed by atoms with E-state index in [1.165, 1.54) is 12.5 Å². The number of hydrogen-bond acceptors (Lipinski definition) is 4. The Labute approximate surface area is 137 Å². The summed E-state index contributed by atoms with van der Waals surface area (Å²) in [5.41, 5.74) is 1.21. The zero-order chi connectivity index (χ0) is 16.4. The maximum Gasteiger partial charge on any atom is 0.268 e. The molecular formula is C16H24N4O2Si. The van der Waals surface area contributed by atoms with Crippen molar-refractivity contribution in [3.63, 3.8) is 0 Å². The molecule has 6 nitrogen and oxygen atoms in total. The van der Waals surface area contributed by atoms with Crippen molar-refractivity contribution in [3.8, 4) is 5.88 Å². The number of nitrogens with one attached hydrogen (secondary N) is 3. The van der Waals surface area contributed by atoms with Crippen LogP contribution in [0.25, 0.3) is 11.0 Å². The van der Waals surface area contributed by atoms with Gasteiger partial charge >= 0.3 is 0 Å². The summed E-state index contributed by atoms with van der Waals surface area (Å²) in [4.78, 5) is 23.5. The maximum absolute atomic E-state index is 12.5. The van der Waals surface area contributed by atoms with Gasteiger partial charge in [0.05, 0.1) is 7.11 Å². The SMILES string of the molecule is COc1ccc2cc(C(=O)N[C@H]3CCC[Si](C)(C)NC3)[nH]c2n1. The highest BCUT2D eigenvalue weighted by Crippen LogP contribution is 2.19. The van der Waals surface area contributed by atoms with Gasteiger partial charge in [0.2, 0.25) is 5.88 Å². The van der Waals surface area contributed by atoms with Crippen LogP contribution in [0.3, 0.4) is 0 Å². The number of carbonyl (C=O) groups excluding carboxylic acids is 1. The predicted octanol–water partition coefficient (Wildman–Crippen LogP) is 2.26. The summed E-state index contributed by atoms with van der Waals surface area (Å²) in [6.45, 7) is 5.54. The van der Waals surface area contributed by atoms with Crippen molar-refractivity contribution in [2.75, 3.05) is 13.7 Å². The summed E-state index contributed by atoms with van der Waals surface area (Å²) in [5.74, 6) is 0.460. The van der Waals surface area contributed by atoms with E-state index < -0.39 is 8.24 Å². The van der Waals surface area contributed by atoms with Gasteiger partial charge in [-0.2, -0.15) is 4.98 Å². The first kappa shape index (κ1) is 16.0. The molecule has 3 N–H and O–H groups in total. The third-order valence-corrected chi connectivity index (χ3v) is 7.19. The monoisotopic (exact) mass is 332 g/mol. The number of nitrogens with zero attached hydrogens (tertiary/aromatic N) is 1. The Morgan fingerprint density at radius 3 is 3.04 bits per heavy atom. The quantitative estimate of drug-likeness (QED) is 0.753. The molecule has 0 saturated carbocycles. The number of pyridine rings is 1. The molecule has 7 heteroatoms. The van der Waals surface area contributed by atoms with E-state index in [9.17, 15) is 4.79 Å². The van der Waals surface area contributed by atoms with Crippen molar-refractivity contribution in [1.29, 1.82) is 0 Å². The van der Waals surface area contributed by atoms with Crippen LogP contribution in [0.5, 0.6) is 5.88 Å². The molecule has 1 saturated heterocycles. The fourth-order valence-electron chi connectivity index (χ4n) is 2.99. The van der Waals surface area contributed by atoms with E-state index in [-0.39, 0.29) is 11.9 Å². The summed E-state index contributed by atoms with van der Waals surface area (Å²) in [6.07, 6.45) is 2.20. The normalized spacial score (nSPS) is 20.9. The molecule has 1 atom stereocenters. The zero-order valence-corrected chi connectivity index (χ0v) is 14.9. The molecule has 1 aliphatic heterocycles. The molecular weight excluding hydrogens is 308 g/mol. The maximum atomic E-state index is 12.5. The summed E-state index contributed by atoms with van der Waals surface area (Å²) in [6, 6.07) is 6.97. The summed E-state index contributed by atoms with van der Waals surface area (Å²) in [7, 11) is 0.295. The Bertz CT molecular complexity index is 713. The number of carbonyl (C=O) groups is 1. The molecule has 1 aliphatic rings. The fraction of sp³-hybridized carbons (Fsp3) is 0.500. The Kier molecular flexibility index (Phi) is 4.41. The molecule has 0 spiro atoms. The van der Waals surface area contributed by atoms with Crippen LogP contribution in [0.2, 0.25) is 19.1 Å². The zero-order valence-electron chi connectivity index (χ0n) is 13.9. The standard InChI is InChI=1S/C16H24N4O2Si/c1-22-14-7-6-11-9-13(19-15(11)20-14)16(21)18-12-5-4-8-23(2,3)17-10-12/h6-7,9,12,17H,4-5,8,10H2,1-3H3,(H,18,21)(H,19,20)/t12-/m0/s1. The first-order valence-electron chi connectivity index (χ1n) is 8.06. The second-order valence-corrected chi connectivity index (χ2v) is 11.4. The fourth-order valence-corrected chi connectivity index (χ4v) is 5.05. The molecule has 1 amide bonds. The molecule has 0 unspecified atom stereocenters. The smallest absolute Gasteiger partial charge is 0.268 e. The Hall–Kier alpha value is -1.86.